The van der Waals surface area contributed by atoms with E-state index in [1.165, 1.54) is 12.3 Å². The normalized spacial score (nSPS) is 20.1. The zero-order chi connectivity index (χ0) is 12.3. The summed E-state index contributed by atoms with van der Waals surface area (Å²) in [6.45, 7) is 0.855. The average molecular weight is 251 g/mol. The number of pyridine rings is 1. The second kappa shape index (κ2) is 4.82. The topological polar surface area (TPSA) is 82.8 Å². The van der Waals surface area contributed by atoms with Gasteiger partial charge in [0.05, 0.1) is 11.3 Å². The lowest BCUT2D eigenvalue weighted by molar-refractivity contribution is 0.573. The first-order valence-corrected chi connectivity index (χ1v) is 7.10. The Bertz CT molecular complexity index is 542. The molecule has 1 atom stereocenters. The molecule has 1 N–H and O–H groups in total. The van der Waals surface area contributed by atoms with E-state index < -0.39 is 9.84 Å². The van der Waals surface area contributed by atoms with Gasteiger partial charge in [0.25, 0.3) is 0 Å². The molecule has 0 radical (unpaired) electrons. The largest absolute Gasteiger partial charge is 0.313 e. The number of nitrogens with zero attached hydrogens (tertiary/aromatic N) is 2. The maximum Gasteiger partial charge on any atom is 0.198 e. The first-order valence-electron chi connectivity index (χ1n) is 5.45. The van der Waals surface area contributed by atoms with E-state index in [0.717, 1.165) is 19.4 Å². The Balaban J connectivity index is 2.28. The van der Waals surface area contributed by atoms with Gasteiger partial charge in [-0.3, -0.25) is 0 Å². The Morgan fingerprint density at radius 1 is 1.59 bits per heavy atom. The molecular weight excluding hydrogens is 238 g/mol. The van der Waals surface area contributed by atoms with Crippen molar-refractivity contribution in [2.45, 2.75) is 23.9 Å². The van der Waals surface area contributed by atoms with Gasteiger partial charge in [-0.1, -0.05) is 0 Å². The van der Waals surface area contributed by atoms with E-state index in [-0.39, 0.29) is 22.4 Å². The van der Waals surface area contributed by atoms with Crippen LogP contribution in [0.15, 0.2) is 23.4 Å². The third kappa shape index (κ3) is 2.62. The number of sulfone groups is 1. The Hall–Kier alpha value is -1.45. The van der Waals surface area contributed by atoms with Crippen LogP contribution in [0.2, 0.25) is 0 Å². The molecule has 0 aromatic carbocycles. The molecule has 1 fully saturated rings. The third-order valence-corrected chi connectivity index (χ3v) is 4.52. The number of hydrogen-bond donors (Lipinski definition) is 1. The van der Waals surface area contributed by atoms with Crippen LogP contribution in [-0.2, 0) is 9.84 Å². The summed E-state index contributed by atoms with van der Waals surface area (Å²) in [4.78, 5) is 3.83. The van der Waals surface area contributed by atoms with E-state index >= 15 is 0 Å². The van der Waals surface area contributed by atoms with Gasteiger partial charge in [0.2, 0.25) is 0 Å². The molecule has 0 amide bonds. The van der Waals surface area contributed by atoms with Crippen LogP contribution in [-0.4, -0.2) is 31.7 Å². The van der Waals surface area contributed by atoms with Crippen LogP contribution in [0.5, 0.6) is 0 Å². The molecule has 0 bridgehead atoms. The predicted molar refractivity (Wildman–Crippen MR) is 62.0 cm³/mol. The number of nitriles is 1. The van der Waals surface area contributed by atoms with E-state index in [4.69, 9.17) is 5.26 Å². The molecule has 6 heteroatoms. The van der Waals surface area contributed by atoms with Gasteiger partial charge in [0.15, 0.2) is 14.9 Å². The zero-order valence-electron chi connectivity index (χ0n) is 9.26. The van der Waals surface area contributed by atoms with E-state index in [9.17, 15) is 8.42 Å². The molecule has 2 heterocycles. The summed E-state index contributed by atoms with van der Waals surface area (Å²) in [5, 5.41) is 11.9. The quantitative estimate of drug-likeness (QED) is 0.844. The van der Waals surface area contributed by atoms with Crippen LogP contribution in [0.1, 0.15) is 18.4 Å². The molecule has 2 rings (SSSR count). The van der Waals surface area contributed by atoms with Gasteiger partial charge in [-0.2, -0.15) is 5.26 Å². The summed E-state index contributed by atoms with van der Waals surface area (Å²) in [6, 6.07) is 4.88. The zero-order valence-corrected chi connectivity index (χ0v) is 10.1. The average Bonchev–Trinajstić information content (AvgIpc) is 2.81. The van der Waals surface area contributed by atoms with Crippen molar-refractivity contribution in [3.63, 3.8) is 0 Å². The monoisotopic (exact) mass is 251 g/mol. The van der Waals surface area contributed by atoms with Gasteiger partial charge in [-0.05, 0) is 31.5 Å². The molecular formula is C11H13N3O2S. The van der Waals surface area contributed by atoms with E-state index in [1.807, 2.05) is 6.07 Å². The summed E-state index contributed by atoms with van der Waals surface area (Å²) in [6.07, 6.45) is 3.25. The van der Waals surface area contributed by atoms with Crippen LogP contribution in [0.25, 0.3) is 0 Å². The second-order valence-corrected chi connectivity index (χ2v) is 5.99. The molecule has 90 valence electrons. The highest BCUT2D eigenvalue weighted by Crippen LogP contribution is 2.16. The van der Waals surface area contributed by atoms with Crippen LogP contribution in [0.3, 0.4) is 0 Å². The van der Waals surface area contributed by atoms with E-state index in [0.29, 0.717) is 0 Å². The molecule has 17 heavy (non-hydrogen) atoms. The summed E-state index contributed by atoms with van der Waals surface area (Å²) < 4.78 is 24.2. The van der Waals surface area contributed by atoms with Crippen molar-refractivity contribution in [2.24, 2.45) is 0 Å². The van der Waals surface area contributed by atoms with Crippen molar-refractivity contribution in [1.29, 1.82) is 5.26 Å². The van der Waals surface area contributed by atoms with Crippen molar-refractivity contribution in [3.8, 4) is 6.07 Å². The molecule has 0 aliphatic carbocycles. The molecule has 1 aliphatic heterocycles. The smallest absolute Gasteiger partial charge is 0.198 e. The van der Waals surface area contributed by atoms with Crippen molar-refractivity contribution < 1.29 is 8.42 Å². The highest BCUT2D eigenvalue weighted by atomic mass is 32.2. The molecule has 1 aliphatic rings. The second-order valence-electron chi connectivity index (χ2n) is 4.04. The molecule has 5 nitrogen and oxygen atoms in total. The van der Waals surface area contributed by atoms with Crippen molar-refractivity contribution in [3.05, 3.63) is 23.9 Å². The summed E-state index contributed by atoms with van der Waals surface area (Å²) in [5.74, 6) is 0.0126. The molecule has 0 saturated carbocycles. The first kappa shape index (κ1) is 12.0. The highest BCUT2D eigenvalue weighted by Gasteiger charge is 2.26. The van der Waals surface area contributed by atoms with Crippen LogP contribution in [0, 0.1) is 11.3 Å². The fourth-order valence-corrected chi connectivity index (χ4v) is 3.61. The minimum Gasteiger partial charge on any atom is -0.313 e. The van der Waals surface area contributed by atoms with Gasteiger partial charge in [0.1, 0.15) is 6.07 Å². The predicted octanol–water partition coefficient (Wildman–Crippen LogP) is 0.479. The first-order chi connectivity index (χ1) is 8.13. The molecule has 1 saturated heterocycles. The lowest BCUT2D eigenvalue weighted by atomic mass is 10.3. The Kier molecular flexibility index (Phi) is 3.41. The Morgan fingerprint density at radius 3 is 3.06 bits per heavy atom. The molecule has 0 spiro atoms. The van der Waals surface area contributed by atoms with Crippen LogP contribution < -0.4 is 5.32 Å². The lowest BCUT2D eigenvalue weighted by Crippen LogP contribution is -2.30. The molecule has 1 aromatic heterocycles. The minimum atomic E-state index is -3.48. The summed E-state index contributed by atoms with van der Waals surface area (Å²) in [5.41, 5.74) is 0.116. The fourth-order valence-electron chi connectivity index (χ4n) is 1.97. The number of aromatic nitrogens is 1. The number of nitrogens with one attached hydrogen (secondary N) is 1. The number of hydrogen-bond acceptors (Lipinski definition) is 5. The minimum absolute atomic E-state index is 0.0126. The number of rotatable bonds is 3. The van der Waals surface area contributed by atoms with Gasteiger partial charge in [-0.25, -0.2) is 13.4 Å². The van der Waals surface area contributed by atoms with Gasteiger partial charge < -0.3 is 5.32 Å². The molecule has 1 aromatic rings. The van der Waals surface area contributed by atoms with Crippen LogP contribution >= 0.6 is 0 Å². The SMILES string of the molecule is N#Cc1cccnc1S(=O)(=O)C[C@@H]1CCCN1. The Labute approximate surface area is 100 Å². The fraction of sp³-hybridized carbons (Fsp3) is 0.455. The maximum absolute atomic E-state index is 12.1. The van der Waals surface area contributed by atoms with Crippen molar-refractivity contribution in [1.82, 2.24) is 10.3 Å². The van der Waals surface area contributed by atoms with Gasteiger partial charge in [0, 0.05) is 12.2 Å². The lowest BCUT2D eigenvalue weighted by Gasteiger charge is -2.10. The summed E-state index contributed by atoms with van der Waals surface area (Å²) in [7, 11) is -3.48. The summed E-state index contributed by atoms with van der Waals surface area (Å²) >= 11 is 0. The van der Waals surface area contributed by atoms with E-state index in [1.54, 1.807) is 6.07 Å². The van der Waals surface area contributed by atoms with Crippen molar-refractivity contribution in [2.75, 3.05) is 12.3 Å². The highest BCUT2D eigenvalue weighted by molar-refractivity contribution is 7.91. The van der Waals surface area contributed by atoms with E-state index in [2.05, 4.69) is 10.3 Å². The van der Waals surface area contributed by atoms with Gasteiger partial charge in [-0.15, -0.1) is 0 Å². The molecule has 0 unspecified atom stereocenters. The maximum atomic E-state index is 12.1. The van der Waals surface area contributed by atoms with Gasteiger partial charge >= 0.3 is 0 Å². The standard InChI is InChI=1S/C11H13N3O2S/c12-7-9-3-1-6-14-11(9)17(15,16)8-10-4-2-5-13-10/h1,3,6,10,13H,2,4-5,8H2/t10-/m0/s1. The third-order valence-electron chi connectivity index (χ3n) is 2.77. The van der Waals surface area contributed by atoms with Crippen LogP contribution in [0.4, 0.5) is 0 Å². The van der Waals surface area contributed by atoms with Crippen molar-refractivity contribution >= 4 is 9.84 Å². The Morgan fingerprint density at radius 2 is 2.41 bits per heavy atom.